The van der Waals surface area contributed by atoms with Crippen LogP contribution < -0.4 is 4.90 Å². The van der Waals surface area contributed by atoms with E-state index < -0.39 is 23.6 Å². The molecule has 2 rings (SSSR count). The van der Waals surface area contributed by atoms with Crippen molar-refractivity contribution in [2.24, 2.45) is 0 Å². The molecule has 1 aliphatic rings. The summed E-state index contributed by atoms with van der Waals surface area (Å²) in [5, 5.41) is 0. The third kappa shape index (κ3) is 3.13. The predicted octanol–water partition coefficient (Wildman–Crippen LogP) is 1.23. The van der Waals surface area contributed by atoms with E-state index in [-0.39, 0.29) is 30.2 Å². The molecule has 1 aromatic rings. The van der Waals surface area contributed by atoms with E-state index in [2.05, 4.69) is 0 Å². The van der Waals surface area contributed by atoms with Gasteiger partial charge in [0, 0.05) is 0 Å². The molecule has 0 N–H and O–H groups in total. The second-order valence-corrected chi connectivity index (χ2v) is 4.49. The number of esters is 2. The third-order valence-electron chi connectivity index (χ3n) is 3.05. The monoisotopic (exact) mass is 317 g/mol. The van der Waals surface area contributed by atoms with Gasteiger partial charge in [0.25, 0.3) is 5.78 Å². The molecule has 0 bridgehead atoms. The SMILES string of the molecule is CCOC(=O)/C=C(\C(=O)OCC)N1C(=O)C(=O)c2ccccc21. The standard InChI is InChI=1S/C16H15NO6/c1-3-22-13(18)9-12(16(21)23-4-2)17-11-8-6-5-7-10(11)14(19)15(17)20/h5-9H,3-4H2,1-2H3/b12-9+. The summed E-state index contributed by atoms with van der Waals surface area (Å²) < 4.78 is 9.64. The van der Waals surface area contributed by atoms with Gasteiger partial charge >= 0.3 is 17.8 Å². The fourth-order valence-corrected chi connectivity index (χ4v) is 2.14. The van der Waals surface area contributed by atoms with Crippen LogP contribution in [0.2, 0.25) is 0 Å². The zero-order chi connectivity index (χ0) is 17.0. The average molecular weight is 317 g/mol. The molecular formula is C16H15NO6. The lowest BCUT2D eigenvalue weighted by molar-refractivity contribution is -0.141. The largest absolute Gasteiger partial charge is 0.463 e. The normalized spacial score (nSPS) is 13.8. The zero-order valence-electron chi connectivity index (χ0n) is 12.7. The van der Waals surface area contributed by atoms with Crippen LogP contribution in [0, 0.1) is 0 Å². The maximum atomic E-state index is 12.2. The molecule has 0 saturated carbocycles. The van der Waals surface area contributed by atoms with E-state index in [1.54, 1.807) is 26.0 Å². The minimum atomic E-state index is -0.921. The number of para-hydroxylation sites is 1. The number of amides is 1. The Labute approximate surface area is 132 Å². The van der Waals surface area contributed by atoms with Gasteiger partial charge in [-0.1, -0.05) is 12.1 Å². The Kier molecular flexibility index (Phi) is 4.90. The van der Waals surface area contributed by atoms with Crippen molar-refractivity contribution in [3.05, 3.63) is 41.6 Å². The first kappa shape index (κ1) is 16.4. The maximum Gasteiger partial charge on any atom is 0.355 e. The summed E-state index contributed by atoms with van der Waals surface area (Å²) in [7, 11) is 0. The van der Waals surface area contributed by atoms with Crippen LogP contribution in [-0.4, -0.2) is 36.8 Å². The van der Waals surface area contributed by atoms with E-state index in [9.17, 15) is 19.2 Å². The van der Waals surface area contributed by atoms with E-state index in [1.165, 1.54) is 12.1 Å². The van der Waals surface area contributed by atoms with Crippen molar-refractivity contribution < 1.29 is 28.7 Å². The lowest BCUT2D eigenvalue weighted by Crippen LogP contribution is -2.34. The van der Waals surface area contributed by atoms with E-state index in [0.29, 0.717) is 0 Å². The number of Topliss-reactive ketones (excluding diaryl/α,β-unsaturated/α-hetero) is 1. The minimum absolute atomic E-state index is 0.0522. The van der Waals surface area contributed by atoms with Crippen molar-refractivity contribution in [2.75, 3.05) is 18.1 Å². The van der Waals surface area contributed by atoms with Crippen LogP contribution in [0.25, 0.3) is 0 Å². The molecule has 23 heavy (non-hydrogen) atoms. The number of rotatable bonds is 5. The molecule has 1 aromatic carbocycles. The van der Waals surface area contributed by atoms with Crippen molar-refractivity contribution in [2.45, 2.75) is 13.8 Å². The van der Waals surface area contributed by atoms with Crippen LogP contribution in [0.4, 0.5) is 5.69 Å². The smallest absolute Gasteiger partial charge is 0.355 e. The first-order chi connectivity index (χ1) is 11.0. The highest BCUT2D eigenvalue weighted by Gasteiger charge is 2.40. The molecule has 7 heteroatoms. The van der Waals surface area contributed by atoms with Crippen molar-refractivity contribution in [1.82, 2.24) is 0 Å². The van der Waals surface area contributed by atoms with Crippen LogP contribution in [-0.2, 0) is 23.9 Å². The summed E-state index contributed by atoms with van der Waals surface area (Å²) in [4.78, 5) is 48.9. The molecular weight excluding hydrogens is 302 g/mol. The number of hydrogen-bond donors (Lipinski definition) is 0. The number of hydrogen-bond acceptors (Lipinski definition) is 6. The molecule has 7 nitrogen and oxygen atoms in total. The Morgan fingerprint density at radius 2 is 1.74 bits per heavy atom. The zero-order valence-corrected chi connectivity index (χ0v) is 12.7. The lowest BCUT2D eigenvalue weighted by atomic mass is 10.1. The van der Waals surface area contributed by atoms with Crippen LogP contribution >= 0.6 is 0 Å². The van der Waals surface area contributed by atoms with Crippen molar-refractivity contribution in [3.63, 3.8) is 0 Å². The average Bonchev–Trinajstić information content (AvgIpc) is 2.78. The minimum Gasteiger partial charge on any atom is -0.463 e. The molecule has 1 heterocycles. The van der Waals surface area contributed by atoms with E-state index in [0.717, 1.165) is 11.0 Å². The Morgan fingerprint density at radius 3 is 2.39 bits per heavy atom. The van der Waals surface area contributed by atoms with Crippen molar-refractivity contribution >= 4 is 29.3 Å². The lowest BCUT2D eigenvalue weighted by Gasteiger charge is -2.18. The molecule has 0 aliphatic carbocycles. The second-order valence-electron chi connectivity index (χ2n) is 4.49. The molecule has 0 unspecified atom stereocenters. The topological polar surface area (TPSA) is 90.0 Å². The molecule has 120 valence electrons. The van der Waals surface area contributed by atoms with Gasteiger partial charge in [0.15, 0.2) is 0 Å². The van der Waals surface area contributed by atoms with E-state index in [1.807, 2.05) is 0 Å². The van der Waals surface area contributed by atoms with Gasteiger partial charge in [0.2, 0.25) is 0 Å². The van der Waals surface area contributed by atoms with Gasteiger partial charge in [-0.05, 0) is 26.0 Å². The summed E-state index contributed by atoms with van der Waals surface area (Å²) in [5.41, 5.74) is 0.0382. The van der Waals surface area contributed by atoms with Gasteiger partial charge in [-0.25, -0.2) is 9.59 Å². The molecule has 0 fully saturated rings. The number of benzene rings is 1. The first-order valence-electron chi connectivity index (χ1n) is 7.04. The Balaban J connectivity index is 2.51. The van der Waals surface area contributed by atoms with E-state index >= 15 is 0 Å². The maximum absolute atomic E-state index is 12.2. The van der Waals surface area contributed by atoms with Gasteiger partial charge in [0.05, 0.1) is 30.5 Å². The van der Waals surface area contributed by atoms with Crippen LogP contribution in [0.1, 0.15) is 24.2 Å². The molecule has 0 radical (unpaired) electrons. The second kappa shape index (κ2) is 6.87. The Bertz CT molecular complexity index is 706. The molecule has 0 spiro atoms. The summed E-state index contributed by atoms with van der Waals surface area (Å²) in [6, 6.07) is 6.20. The number of ketones is 1. The molecule has 1 amide bonds. The van der Waals surface area contributed by atoms with Gasteiger partial charge in [-0.3, -0.25) is 14.5 Å². The van der Waals surface area contributed by atoms with Gasteiger partial charge in [-0.2, -0.15) is 0 Å². The van der Waals surface area contributed by atoms with Crippen LogP contribution in [0.3, 0.4) is 0 Å². The van der Waals surface area contributed by atoms with Gasteiger partial charge in [-0.15, -0.1) is 0 Å². The van der Waals surface area contributed by atoms with Crippen LogP contribution in [0.15, 0.2) is 36.0 Å². The number of nitrogens with zero attached hydrogens (tertiary/aromatic N) is 1. The van der Waals surface area contributed by atoms with Crippen LogP contribution in [0.5, 0.6) is 0 Å². The molecule has 0 saturated heterocycles. The fraction of sp³-hybridized carbons (Fsp3) is 0.250. The highest BCUT2D eigenvalue weighted by atomic mass is 16.5. The van der Waals surface area contributed by atoms with Gasteiger partial charge in [0.1, 0.15) is 5.70 Å². The van der Waals surface area contributed by atoms with Gasteiger partial charge < -0.3 is 9.47 Å². The number of carbonyl (C=O) groups excluding carboxylic acids is 4. The first-order valence-corrected chi connectivity index (χ1v) is 7.04. The summed E-state index contributed by atoms with van der Waals surface area (Å²) in [6.45, 7) is 3.35. The molecule has 0 atom stereocenters. The predicted molar refractivity (Wildman–Crippen MR) is 79.6 cm³/mol. The van der Waals surface area contributed by atoms with Crippen molar-refractivity contribution in [3.8, 4) is 0 Å². The molecule has 0 aromatic heterocycles. The number of anilines is 1. The summed E-state index contributed by atoms with van der Waals surface area (Å²) in [6.07, 6.45) is 0.856. The third-order valence-corrected chi connectivity index (χ3v) is 3.05. The number of fused-ring (bicyclic) bond motifs is 1. The van der Waals surface area contributed by atoms with Crippen molar-refractivity contribution in [1.29, 1.82) is 0 Å². The number of carbonyl (C=O) groups is 4. The Hall–Kier alpha value is -2.96. The molecule has 1 aliphatic heterocycles. The summed E-state index contributed by atoms with van der Waals surface area (Å²) >= 11 is 0. The Morgan fingerprint density at radius 1 is 1.09 bits per heavy atom. The highest BCUT2D eigenvalue weighted by molar-refractivity contribution is 6.53. The highest BCUT2D eigenvalue weighted by Crippen LogP contribution is 2.32. The quantitative estimate of drug-likeness (QED) is 0.461. The summed E-state index contributed by atoms with van der Waals surface area (Å²) in [5.74, 6) is -3.37. The fourth-order valence-electron chi connectivity index (χ4n) is 2.14. The van der Waals surface area contributed by atoms with E-state index in [4.69, 9.17) is 9.47 Å². The number of ether oxygens (including phenoxy) is 2.